The molecule has 4 aromatic rings. The molecule has 0 aliphatic rings. The Morgan fingerprint density at radius 3 is 1.63 bits per heavy atom. The molecule has 1 aromatic heterocycles. The summed E-state index contributed by atoms with van der Waals surface area (Å²) in [7, 11) is 0. The summed E-state index contributed by atoms with van der Waals surface area (Å²) in [5.74, 6) is -0.249. The molecular weight excluding hydrogens is 823 g/mol. The van der Waals surface area contributed by atoms with E-state index in [-0.39, 0.29) is 23.8 Å². The number of nitrogens with zero attached hydrogens (tertiary/aromatic N) is 2. The topological polar surface area (TPSA) is 62.7 Å². The van der Waals surface area contributed by atoms with Gasteiger partial charge in [0.15, 0.2) is 6.10 Å². The number of hydroxylamine groups is 2. The monoisotopic (exact) mass is 874 g/mol. The molecule has 0 radical (unpaired) electrons. The van der Waals surface area contributed by atoms with Gasteiger partial charge in [-0.2, -0.15) is 5.06 Å². The van der Waals surface area contributed by atoms with Crippen LogP contribution in [0, 0.1) is 5.92 Å². The number of carbonyl (C=O) groups is 1. The molecule has 0 aliphatic heterocycles. The van der Waals surface area contributed by atoms with E-state index in [1.54, 1.807) is 12.4 Å². The third kappa shape index (κ3) is 9.60. The maximum absolute atomic E-state index is 13.0. The van der Waals surface area contributed by atoms with E-state index in [4.69, 9.17) is 4.84 Å². The van der Waals surface area contributed by atoms with Crippen molar-refractivity contribution in [3.63, 3.8) is 0 Å². The molecule has 6 heteroatoms. The van der Waals surface area contributed by atoms with Crippen molar-refractivity contribution >= 4 is 5.97 Å². The van der Waals surface area contributed by atoms with Crippen LogP contribution in [0.2, 0.25) is 0 Å². The Bertz CT molecular complexity index is 1430. The van der Waals surface area contributed by atoms with E-state index in [9.17, 15) is 9.90 Å². The summed E-state index contributed by atoms with van der Waals surface area (Å²) >= 11 is 0. The Hall–Kier alpha value is -4.80. The third-order valence-electron chi connectivity index (χ3n) is 8.73. The van der Waals surface area contributed by atoms with Crippen LogP contribution in [0.25, 0.3) is 0 Å². The van der Waals surface area contributed by atoms with E-state index in [0.717, 1.165) is 24.0 Å². The van der Waals surface area contributed by atoms with Crippen LogP contribution in [0.4, 0.5) is 0 Å². The van der Waals surface area contributed by atoms with Crippen LogP contribution in [0.5, 0.6) is 0 Å². The van der Waals surface area contributed by atoms with Crippen molar-refractivity contribution in [2.24, 2.45) is 5.92 Å². The first kappa shape index (κ1) is 35.7. The second kappa shape index (κ2) is 16.5. The first-order chi connectivity index (χ1) is 21.5. The van der Waals surface area contributed by atoms with Crippen molar-refractivity contribution in [3.05, 3.63) is 138 Å². The molecule has 1 N–H and O–H groups in total. The van der Waals surface area contributed by atoms with Crippen LogP contribution in [-0.2, 0) is 9.63 Å². The zero-order valence-electron chi connectivity index (χ0n) is 28.4. The van der Waals surface area contributed by atoms with Gasteiger partial charge in [-0.15, -0.1) is 0 Å². The van der Waals surface area contributed by atoms with Crippen molar-refractivity contribution < 1.29 is 14.7 Å². The van der Waals surface area contributed by atoms with Gasteiger partial charge in [-0.1, -0.05) is 112 Å². The summed E-state index contributed by atoms with van der Waals surface area (Å²) in [6, 6.07) is 35.5. The molecule has 3 aromatic carbocycles. The van der Waals surface area contributed by atoms with Gasteiger partial charge in [0, 0.05) is 17.9 Å². The van der Waals surface area contributed by atoms with Gasteiger partial charge in [0.2, 0.25) is 0 Å². The summed E-state index contributed by atoms with van der Waals surface area (Å²) in [6.45, 7) is 12.9. The molecule has 1 heterocycles. The van der Waals surface area contributed by atoms with E-state index in [1.807, 2.05) is 35.4 Å². The maximum atomic E-state index is 13.0. The predicted molar refractivity (Wildman–Crippen MR) is 183 cm³/mol. The Balaban J connectivity index is 0.00000576. The fourth-order valence-corrected chi connectivity index (χ4v) is 6.45. The van der Waals surface area contributed by atoms with Crippen molar-refractivity contribution in [2.75, 3.05) is 0 Å². The second-order valence-corrected chi connectivity index (χ2v) is 13.6. The van der Waals surface area contributed by atoms with Crippen LogP contribution < -0.4 is 0 Å². The molecule has 5 atom stereocenters. The molecule has 0 aliphatic carbocycles. The molecular formula is C40H50N2O3Rf. The summed E-state index contributed by atoms with van der Waals surface area (Å²) < 4.78 is 0. The van der Waals surface area contributed by atoms with Crippen LogP contribution in [-0.4, -0.2) is 32.8 Å². The minimum atomic E-state index is -1.03. The number of hydrogen-bond acceptors (Lipinski definition) is 4. The first-order valence-corrected chi connectivity index (χ1v) is 16.3. The maximum Gasteiger partial charge on any atom is 0.334 e. The number of rotatable bonds is 15. The number of aromatic nitrogens is 1. The molecule has 46 heavy (non-hydrogen) atoms. The predicted octanol–water partition coefficient (Wildman–Crippen LogP) is 9.81. The van der Waals surface area contributed by atoms with E-state index >= 15 is 0 Å². The number of aliphatic carboxylic acids is 1. The van der Waals surface area contributed by atoms with Gasteiger partial charge < -0.3 is 5.11 Å². The van der Waals surface area contributed by atoms with Gasteiger partial charge in [0.25, 0.3) is 0 Å². The van der Waals surface area contributed by atoms with E-state index in [0.29, 0.717) is 12.3 Å². The average Bonchev–Trinajstić information content (AvgIpc) is 3.04. The standard InChI is InChI=1S/C40H50N2O3.Rf/c1-29(2)38(34-20-14-9-15-21-34)42(40(4,5)6)45-37(39(43)44)28-36(33-22-24-41-25-23-33)27-35(32-18-12-8-13-19-32)26-30(3)31-16-10-7-11-17-31;/h7-25,29-30,35-38H,26-28H2,1-6H3,(H,43,44);. The molecule has 0 amide bonds. The quantitative estimate of drug-likeness (QED) is 0.121. The van der Waals surface area contributed by atoms with Gasteiger partial charge in [0.05, 0.1) is 6.04 Å². The van der Waals surface area contributed by atoms with Crippen molar-refractivity contribution in [3.8, 4) is 0 Å². The summed E-state index contributed by atoms with van der Waals surface area (Å²) in [6.07, 6.45) is 4.65. The molecule has 5 unspecified atom stereocenters. The van der Waals surface area contributed by atoms with Gasteiger partial charge in [-0.25, -0.2) is 4.79 Å². The van der Waals surface area contributed by atoms with Crippen molar-refractivity contribution in [1.29, 1.82) is 0 Å². The van der Waals surface area contributed by atoms with Gasteiger partial charge >= 0.3 is 5.97 Å². The zero-order chi connectivity index (χ0) is 32.4. The van der Waals surface area contributed by atoms with E-state index in [2.05, 4.69) is 119 Å². The summed E-state index contributed by atoms with van der Waals surface area (Å²) in [5, 5.41) is 12.6. The van der Waals surface area contributed by atoms with E-state index < -0.39 is 17.6 Å². The zero-order valence-corrected chi connectivity index (χ0v) is 34.8. The number of pyridine rings is 1. The van der Waals surface area contributed by atoms with Crippen molar-refractivity contribution in [1.82, 2.24) is 10.0 Å². The van der Waals surface area contributed by atoms with Crippen LogP contribution >= 0.6 is 0 Å². The van der Waals surface area contributed by atoms with Gasteiger partial charge in [-0.05, 0) is 98.1 Å². The fraction of sp³-hybridized carbons (Fsp3) is 0.400. The summed E-state index contributed by atoms with van der Waals surface area (Å²) in [4.78, 5) is 23.9. The minimum absolute atomic E-state index is 0. The number of hydrogen-bond donors (Lipinski definition) is 1. The molecule has 0 saturated carbocycles. The second-order valence-electron chi connectivity index (χ2n) is 13.6. The molecule has 0 saturated heterocycles. The van der Waals surface area contributed by atoms with Crippen LogP contribution in [0.1, 0.15) is 107 Å². The van der Waals surface area contributed by atoms with Crippen LogP contribution in [0.3, 0.4) is 0 Å². The number of carboxylic acids is 1. The normalized spacial score (nSPS) is 15.0. The van der Waals surface area contributed by atoms with Crippen LogP contribution in [0.15, 0.2) is 116 Å². The molecule has 4 rings (SSSR count). The average molecular weight is 874 g/mol. The third-order valence-corrected chi connectivity index (χ3v) is 8.73. The number of benzene rings is 3. The number of carboxylic acid groups (broad SMARTS) is 1. The minimum Gasteiger partial charge on any atom is -0.479 e. The molecule has 0 fully saturated rings. The molecule has 0 bridgehead atoms. The van der Waals surface area contributed by atoms with E-state index in [1.165, 1.54) is 11.1 Å². The fourth-order valence-electron chi connectivity index (χ4n) is 6.45. The Labute approximate surface area is 270 Å². The largest absolute Gasteiger partial charge is 0.479 e. The molecule has 5 nitrogen and oxygen atoms in total. The Morgan fingerprint density at radius 2 is 1.15 bits per heavy atom. The Morgan fingerprint density at radius 1 is 0.696 bits per heavy atom. The SMILES string of the molecule is CC(CC(CC(CC(ON(C(c1ccccc1)C(C)C)C(C)(C)C)C(=O)O)c1ccncc1)c1ccccc1)c1ccccc1.[Rf]. The van der Waals surface area contributed by atoms with Gasteiger partial charge in [0.1, 0.15) is 0 Å². The summed E-state index contributed by atoms with van der Waals surface area (Å²) in [5.41, 5.74) is 4.33. The van der Waals surface area contributed by atoms with Gasteiger partial charge in [-0.3, -0.25) is 9.82 Å². The van der Waals surface area contributed by atoms with Crippen molar-refractivity contribution in [2.45, 2.75) is 96.2 Å². The molecule has 240 valence electrons. The smallest absolute Gasteiger partial charge is 0.334 e. The molecule has 0 spiro atoms. The Kier molecular flexibility index (Phi) is 12.8. The first-order valence-electron chi connectivity index (χ1n) is 16.3.